The number of primary amides is 1. The molecular formula is C21H35NO3. The zero-order valence-corrected chi connectivity index (χ0v) is 15.6. The molecule has 0 aliphatic heterocycles. The van der Waals surface area contributed by atoms with Crippen molar-refractivity contribution in [2.24, 2.45) is 23.5 Å². The summed E-state index contributed by atoms with van der Waals surface area (Å²) in [4.78, 5) is 10.8. The summed E-state index contributed by atoms with van der Waals surface area (Å²) in [5, 5.41) is 20.5. The monoisotopic (exact) mass is 349 g/mol. The second kappa shape index (κ2) is 10.1. The summed E-state index contributed by atoms with van der Waals surface area (Å²) in [5.41, 5.74) is 6.65. The second-order valence-corrected chi connectivity index (χ2v) is 7.86. The van der Waals surface area contributed by atoms with Gasteiger partial charge >= 0.3 is 0 Å². The van der Waals surface area contributed by atoms with Gasteiger partial charge in [0.2, 0.25) is 5.91 Å². The third-order valence-corrected chi connectivity index (χ3v) is 5.78. The molecule has 5 atom stereocenters. The Labute approximate surface area is 152 Å². The summed E-state index contributed by atoms with van der Waals surface area (Å²) in [7, 11) is 0. The van der Waals surface area contributed by atoms with Crippen LogP contribution in [0.25, 0.3) is 0 Å². The van der Waals surface area contributed by atoms with Crippen LogP contribution in [0.4, 0.5) is 0 Å². The van der Waals surface area contributed by atoms with Gasteiger partial charge in [-0.1, -0.05) is 50.0 Å². The lowest BCUT2D eigenvalue weighted by atomic mass is 9.88. The lowest BCUT2D eigenvalue weighted by molar-refractivity contribution is -0.118. The van der Waals surface area contributed by atoms with Gasteiger partial charge in [0.05, 0.1) is 12.2 Å². The van der Waals surface area contributed by atoms with Crippen molar-refractivity contribution in [1.82, 2.24) is 0 Å². The topological polar surface area (TPSA) is 83.5 Å². The maximum atomic E-state index is 10.8. The van der Waals surface area contributed by atoms with E-state index in [1.54, 1.807) is 0 Å². The predicted octanol–water partition coefficient (Wildman–Crippen LogP) is 3.47. The van der Waals surface area contributed by atoms with Crippen LogP contribution in [0, 0.1) is 17.8 Å². The first-order valence-corrected chi connectivity index (χ1v) is 10.0. The molecule has 0 bridgehead atoms. The number of nitrogens with two attached hydrogens (primary N) is 1. The Hall–Kier alpha value is -1.13. The van der Waals surface area contributed by atoms with E-state index in [1.165, 1.54) is 5.57 Å². The quantitative estimate of drug-likeness (QED) is 0.394. The molecule has 0 saturated heterocycles. The van der Waals surface area contributed by atoms with Crippen LogP contribution < -0.4 is 5.73 Å². The predicted molar refractivity (Wildman–Crippen MR) is 101 cm³/mol. The van der Waals surface area contributed by atoms with Crippen LogP contribution in [-0.2, 0) is 4.79 Å². The highest BCUT2D eigenvalue weighted by Gasteiger charge is 2.43. The fraction of sp³-hybridized carbons (Fsp3) is 0.762. The second-order valence-electron chi connectivity index (χ2n) is 7.86. The van der Waals surface area contributed by atoms with Crippen molar-refractivity contribution < 1.29 is 15.0 Å². The summed E-state index contributed by atoms with van der Waals surface area (Å²) in [6.07, 6.45) is 15.1. The number of aliphatic hydroxyl groups is 2. The third kappa shape index (κ3) is 6.27. The van der Waals surface area contributed by atoms with Crippen LogP contribution in [-0.4, -0.2) is 28.3 Å². The first-order valence-electron chi connectivity index (χ1n) is 10.0. The molecule has 0 unspecified atom stereocenters. The van der Waals surface area contributed by atoms with Gasteiger partial charge in [0.1, 0.15) is 0 Å². The van der Waals surface area contributed by atoms with Crippen LogP contribution >= 0.6 is 0 Å². The first-order chi connectivity index (χ1) is 12.0. The SMILES string of the molecule is CCCCC[C@H](O)/C=C/[C@@H]1[C@H]2CC(CCCCC(N)=O)=C[C@H]2C[C@H]1O. The van der Waals surface area contributed by atoms with Crippen LogP contribution in [0.5, 0.6) is 0 Å². The van der Waals surface area contributed by atoms with Crippen molar-refractivity contribution in [2.75, 3.05) is 0 Å². The molecule has 142 valence electrons. The van der Waals surface area contributed by atoms with Crippen molar-refractivity contribution in [3.8, 4) is 0 Å². The molecule has 2 rings (SSSR count). The van der Waals surface area contributed by atoms with E-state index in [-0.39, 0.29) is 24.0 Å². The largest absolute Gasteiger partial charge is 0.392 e. The van der Waals surface area contributed by atoms with Crippen molar-refractivity contribution >= 4 is 5.91 Å². The van der Waals surface area contributed by atoms with E-state index >= 15 is 0 Å². The molecule has 0 heterocycles. The molecule has 25 heavy (non-hydrogen) atoms. The number of aliphatic hydroxyl groups excluding tert-OH is 2. The highest BCUT2D eigenvalue weighted by Crippen LogP contribution is 2.48. The molecule has 4 heteroatoms. The van der Waals surface area contributed by atoms with Crippen LogP contribution in [0.2, 0.25) is 0 Å². The van der Waals surface area contributed by atoms with Gasteiger partial charge in [0, 0.05) is 12.3 Å². The van der Waals surface area contributed by atoms with E-state index in [2.05, 4.69) is 19.1 Å². The van der Waals surface area contributed by atoms with E-state index < -0.39 is 0 Å². The number of rotatable bonds is 11. The average Bonchev–Trinajstić information content (AvgIpc) is 3.06. The molecule has 0 aromatic rings. The smallest absolute Gasteiger partial charge is 0.217 e. The highest BCUT2D eigenvalue weighted by molar-refractivity contribution is 5.73. The summed E-state index contributed by atoms with van der Waals surface area (Å²) in [6, 6.07) is 0. The number of carbonyl (C=O) groups excluding carboxylic acids is 1. The lowest BCUT2D eigenvalue weighted by Crippen LogP contribution is -2.18. The van der Waals surface area contributed by atoms with Gasteiger partial charge in [-0.25, -0.2) is 0 Å². The van der Waals surface area contributed by atoms with E-state index in [9.17, 15) is 15.0 Å². The molecule has 4 N–H and O–H groups in total. The summed E-state index contributed by atoms with van der Waals surface area (Å²) in [5.74, 6) is 0.876. The van der Waals surface area contributed by atoms with Gasteiger partial charge < -0.3 is 15.9 Å². The fourth-order valence-corrected chi connectivity index (χ4v) is 4.40. The summed E-state index contributed by atoms with van der Waals surface area (Å²) < 4.78 is 0. The molecule has 1 amide bonds. The van der Waals surface area contributed by atoms with Crippen molar-refractivity contribution in [3.63, 3.8) is 0 Å². The fourth-order valence-electron chi connectivity index (χ4n) is 4.40. The average molecular weight is 350 g/mol. The number of allylic oxidation sites excluding steroid dienone is 2. The Bertz CT molecular complexity index is 486. The first kappa shape index (κ1) is 20.2. The standard InChI is InChI=1S/C21H35NO3/c1-2-3-4-8-17(23)10-11-18-19-13-15(7-5-6-9-21(22)25)12-16(19)14-20(18)24/h10-12,16-20,23-24H,2-9,13-14H2,1H3,(H2,22,25)/b11-10+/t16-,17-,18+,19-,20+/m0/s1. The van der Waals surface area contributed by atoms with Crippen molar-refractivity contribution in [3.05, 3.63) is 23.8 Å². The molecular weight excluding hydrogens is 314 g/mol. The number of fused-ring (bicyclic) bond motifs is 1. The zero-order valence-electron chi connectivity index (χ0n) is 15.6. The lowest BCUT2D eigenvalue weighted by Gasteiger charge is -2.19. The Balaban J connectivity index is 1.78. The van der Waals surface area contributed by atoms with Crippen LogP contribution in [0.15, 0.2) is 23.8 Å². The summed E-state index contributed by atoms with van der Waals surface area (Å²) >= 11 is 0. The van der Waals surface area contributed by atoms with Gasteiger partial charge in [-0.15, -0.1) is 0 Å². The third-order valence-electron chi connectivity index (χ3n) is 5.78. The van der Waals surface area contributed by atoms with E-state index in [0.717, 1.165) is 57.8 Å². The Morgan fingerprint density at radius 2 is 2.16 bits per heavy atom. The molecule has 1 saturated carbocycles. The number of hydrogen-bond acceptors (Lipinski definition) is 3. The Morgan fingerprint density at radius 1 is 1.36 bits per heavy atom. The van der Waals surface area contributed by atoms with Gasteiger partial charge in [0.15, 0.2) is 0 Å². The molecule has 2 aliphatic carbocycles. The molecule has 0 spiro atoms. The number of hydrogen-bond donors (Lipinski definition) is 3. The molecule has 4 nitrogen and oxygen atoms in total. The van der Waals surface area contributed by atoms with Gasteiger partial charge in [-0.3, -0.25) is 4.79 Å². The molecule has 0 aromatic carbocycles. The molecule has 0 aromatic heterocycles. The minimum absolute atomic E-state index is 0.158. The highest BCUT2D eigenvalue weighted by atomic mass is 16.3. The van der Waals surface area contributed by atoms with Crippen molar-refractivity contribution in [2.45, 2.75) is 83.3 Å². The van der Waals surface area contributed by atoms with Gasteiger partial charge in [0.25, 0.3) is 0 Å². The minimum Gasteiger partial charge on any atom is -0.392 e. The van der Waals surface area contributed by atoms with E-state index in [1.807, 2.05) is 6.08 Å². The van der Waals surface area contributed by atoms with Crippen LogP contribution in [0.1, 0.15) is 71.1 Å². The minimum atomic E-state index is -0.388. The van der Waals surface area contributed by atoms with E-state index in [4.69, 9.17) is 5.73 Å². The number of amides is 1. The number of unbranched alkanes of at least 4 members (excludes halogenated alkanes) is 3. The molecule has 0 radical (unpaired) electrons. The maximum absolute atomic E-state index is 10.8. The maximum Gasteiger partial charge on any atom is 0.217 e. The van der Waals surface area contributed by atoms with Gasteiger partial charge in [-0.05, 0) is 50.4 Å². The van der Waals surface area contributed by atoms with Gasteiger partial charge in [-0.2, -0.15) is 0 Å². The molecule has 2 aliphatic rings. The van der Waals surface area contributed by atoms with Crippen molar-refractivity contribution in [1.29, 1.82) is 0 Å². The molecule has 1 fully saturated rings. The zero-order chi connectivity index (χ0) is 18.2. The normalized spacial score (nSPS) is 29.8. The van der Waals surface area contributed by atoms with Crippen LogP contribution in [0.3, 0.4) is 0 Å². The number of carbonyl (C=O) groups is 1. The Kier molecular flexibility index (Phi) is 8.17. The summed E-state index contributed by atoms with van der Waals surface area (Å²) in [6.45, 7) is 2.16. The Morgan fingerprint density at radius 3 is 2.88 bits per heavy atom. The van der Waals surface area contributed by atoms with E-state index in [0.29, 0.717) is 18.3 Å².